The van der Waals surface area contributed by atoms with E-state index in [0.29, 0.717) is 6.42 Å². The highest BCUT2D eigenvalue weighted by Gasteiger charge is 2.42. The third kappa shape index (κ3) is 1.96. The molecule has 1 unspecified atom stereocenters. The van der Waals surface area contributed by atoms with Crippen molar-refractivity contribution in [1.29, 1.82) is 5.26 Å². The molecule has 0 spiro atoms. The molecule has 0 bridgehead atoms. The minimum atomic E-state index is -1.05. The Labute approximate surface area is 74.0 Å². The van der Waals surface area contributed by atoms with Gasteiger partial charge in [0.2, 0.25) is 0 Å². The molecule has 3 heteroatoms. The Hall–Kier alpha value is -0.590. The minimum Gasteiger partial charge on any atom is -0.386 e. The number of rotatable bonds is 4. The molecule has 0 fully saturated rings. The highest BCUT2D eigenvalue weighted by Crippen LogP contribution is 2.32. The number of ether oxygens (including phenoxy) is 1. The quantitative estimate of drug-likeness (QED) is 0.694. The van der Waals surface area contributed by atoms with Crippen molar-refractivity contribution in [2.45, 2.75) is 32.8 Å². The van der Waals surface area contributed by atoms with Gasteiger partial charge in [0.1, 0.15) is 5.60 Å². The molecular weight excluding hydrogens is 154 g/mol. The van der Waals surface area contributed by atoms with Gasteiger partial charge in [0.05, 0.1) is 18.1 Å². The van der Waals surface area contributed by atoms with Crippen molar-refractivity contribution >= 4 is 0 Å². The van der Waals surface area contributed by atoms with Gasteiger partial charge in [-0.15, -0.1) is 0 Å². The van der Waals surface area contributed by atoms with E-state index in [9.17, 15) is 5.11 Å². The van der Waals surface area contributed by atoms with Crippen LogP contribution in [0.1, 0.15) is 27.2 Å². The second-order valence-corrected chi connectivity index (χ2v) is 3.55. The van der Waals surface area contributed by atoms with Gasteiger partial charge in [0.25, 0.3) is 0 Å². The van der Waals surface area contributed by atoms with E-state index in [2.05, 4.69) is 6.07 Å². The van der Waals surface area contributed by atoms with Gasteiger partial charge in [-0.2, -0.15) is 5.26 Å². The molecule has 0 saturated carbocycles. The van der Waals surface area contributed by atoms with E-state index < -0.39 is 11.0 Å². The molecule has 0 heterocycles. The Balaban J connectivity index is 4.64. The van der Waals surface area contributed by atoms with Gasteiger partial charge in [0, 0.05) is 7.11 Å². The van der Waals surface area contributed by atoms with E-state index in [-0.39, 0.29) is 6.61 Å². The standard InChI is InChI=1S/C9H17NO2/c1-5-9(11,7-12-4)8(2,3)6-10/h11H,5,7H2,1-4H3. The molecule has 12 heavy (non-hydrogen) atoms. The van der Waals surface area contributed by atoms with Crippen LogP contribution in [0.2, 0.25) is 0 Å². The van der Waals surface area contributed by atoms with Crippen molar-refractivity contribution in [3.05, 3.63) is 0 Å². The average Bonchev–Trinajstić information content (AvgIpc) is 2.04. The molecule has 0 aliphatic rings. The van der Waals surface area contributed by atoms with Crippen LogP contribution < -0.4 is 0 Å². The zero-order chi connectivity index (χ0) is 9.83. The van der Waals surface area contributed by atoms with E-state index in [1.54, 1.807) is 13.8 Å². The molecule has 1 N–H and O–H groups in total. The third-order valence-electron chi connectivity index (χ3n) is 2.41. The van der Waals surface area contributed by atoms with Gasteiger partial charge in [-0.1, -0.05) is 6.92 Å². The lowest BCUT2D eigenvalue weighted by molar-refractivity contribution is -0.0920. The molecule has 0 aliphatic heterocycles. The predicted octanol–water partition coefficient (Wildman–Crippen LogP) is 1.32. The molecule has 3 nitrogen and oxygen atoms in total. The van der Waals surface area contributed by atoms with Crippen molar-refractivity contribution in [1.82, 2.24) is 0 Å². The van der Waals surface area contributed by atoms with Crippen molar-refractivity contribution < 1.29 is 9.84 Å². The van der Waals surface area contributed by atoms with Gasteiger partial charge in [-0.25, -0.2) is 0 Å². The summed E-state index contributed by atoms with van der Waals surface area (Å²) in [5, 5.41) is 18.8. The molecule has 0 amide bonds. The van der Waals surface area contributed by atoms with Gasteiger partial charge in [-0.05, 0) is 20.3 Å². The molecule has 0 aromatic carbocycles. The zero-order valence-electron chi connectivity index (χ0n) is 8.22. The third-order valence-corrected chi connectivity index (χ3v) is 2.41. The van der Waals surface area contributed by atoms with Crippen LogP contribution in [-0.4, -0.2) is 24.4 Å². The SMILES string of the molecule is CCC(O)(COC)C(C)(C)C#N. The maximum atomic E-state index is 10.0. The van der Waals surface area contributed by atoms with Crippen LogP contribution in [-0.2, 0) is 4.74 Å². The van der Waals surface area contributed by atoms with Crippen LogP contribution in [0.4, 0.5) is 0 Å². The number of hydrogen-bond donors (Lipinski definition) is 1. The summed E-state index contributed by atoms with van der Waals surface area (Å²) in [4.78, 5) is 0. The van der Waals surface area contributed by atoms with E-state index >= 15 is 0 Å². The van der Waals surface area contributed by atoms with Crippen LogP contribution in [0.5, 0.6) is 0 Å². The lowest BCUT2D eigenvalue weighted by Crippen LogP contribution is -2.47. The van der Waals surface area contributed by atoms with E-state index in [0.717, 1.165) is 0 Å². The van der Waals surface area contributed by atoms with E-state index in [1.165, 1.54) is 7.11 Å². The van der Waals surface area contributed by atoms with Gasteiger partial charge >= 0.3 is 0 Å². The Bertz CT molecular complexity index is 183. The maximum Gasteiger partial charge on any atom is 0.106 e. The first-order valence-corrected chi connectivity index (χ1v) is 4.06. The first-order valence-electron chi connectivity index (χ1n) is 4.06. The summed E-state index contributed by atoms with van der Waals surface area (Å²) in [6.45, 7) is 5.48. The molecule has 0 rings (SSSR count). The summed E-state index contributed by atoms with van der Waals surface area (Å²) < 4.78 is 4.88. The summed E-state index contributed by atoms with van der Waals surface area (Å²) in [6.07, 6.45) is 0.515. The molecule has 0 radical (unpaired) electrons. The fourth-order valence-corrected chi connectivity index (χ4v) is 1.07. The lowest BCUT2D eigenvalue weighted by atomic mass is 9.75. The smallest absolute Gasteiger partial charge is 0.106 e. The molecule has 1 atom stereocenters. The number of aliphatic hydroxyl groups is 1. The Morgan fingerprint density at radius 1 is 1.50 bits per heavy atom. The highest BCUT2D eigenvalue weighted by molar-refractivity contribution is 5.06. The number of methoxy groups -OCH3 is 1. The number of hydrogen-bond acceptors (Lipinski definition) is 3. The molecular formula is C9H17NO2. The van der Waals surface area contributed by atoms with Crippen molar-refractivity contribution in [2.24, 2.45) is 5.41 Å². The molecule has 0 aromatic rings. The molecule has 0 saturated heterocycles. The Morgan fingerprint density at radius 3 is 2.25 bits per heavy atom. The van der Waals surface area contributed by atoms with Crippen LogP contribution >= 0.6 is 0 Å². The van der Waals surface area contributed by atoms with Crippen LogP contribution in [0.15, 0.2) is 0 Å². The largest absolute Gasteiger partial charge is 0.386 e. The summed E-state index contributed by atoms with van der Waals surface area (Å²) >= 11 is 0. The van der Waals surface area contributed by atoms with E-state index in [4.69, 9.17) is 10.00 Å². The van der Waals surface area contributed by atoms with Gasteiger partial charge in [-0.3, -0.25) is 0 Å². The Morgan fingerprint density at radius 2 is 2.00 bits per heavy atom. The number of nitriles is 1. The van der Waals surface area contributed by atoms with Gasteiger partial charge < -0.3 is 9.84 Å². The van der Waals surface area contributed by atoms with Crippen LogP contribution in [0, 0.1) is 16.7 Å². The summed E-state index contributed by atoms with van der Waals surface area (Å²) in [5.74, 6) is 0. The first-order chi connectivity index (χ1) is 5.43. The summed E-state index contributed by atoms with van der Waals surface area (Å²) in [7, 11) is 1.52. The predicted molar refractivity (Wildman–Crippen MR) is 46.5 cm³/mol. The average molecular weight is 171 g/mol. The highest BCUT2D eigenvalue weighted by atomic mass is 16.5. The van der Waals surface area contributed by atoms with Crippen molar-refractivity contribution in [2.75, 3.05) is 13.7 Å². The van der Waals surface area contributed by atoms with Crippen molar-refractivity contribution in [3.63, 3.8) is 0 Å². The number of nitrogens with zero attached hydrogens (tertiary/aromatic N) is 1. The van der Waals surface area contributed by atoms with Crippen LogP contribution in [0.3, 0.4) is 0 Å². The second kappa shape index (κ2) is 3.88. The second-order valence-electron chi connectivity index (χ2n) is 3.55. The monoisotopic (exact) mass is 171 g/mol. The minimum absolute atomic E-state index is 0.198. The maximum absolute atomic E-state index is 10.0. The summed E-state index contributed by atoms with van der Waals surface area (Å²) in [5.41, 5.74) is -1.81. The fourth-order valence-electron chi connectivity index (χ4n) is 1.07. The lowest BCUT2D eigenvalue weighted by Gasteiger charge is -2.36. The van der Waals surface area contributed by atoms with Crippen LogP contribution in [0.25, 0.3) is 0 Å². The van der Waals surface area contributed by atoms with E-state index in [1.807, 2.05) is 6.92 Å². The molecule has 0 aromatic heterocycles. The molecule has 0 aliphatic carbocycles. The summed E-state index contributed by atoms with van der Waals surface area (Å²) in [6, 6.07) is 2.09. The molecule has 70 valence electrons. The Kier molecular flexibility index (Phi) is 3.69. The van der Waals surface area contributed by atoms with Gasteiger partial charge in [0.15, 0.2) is 0 Å². The topological polar surface area (TPSA) is 53.2 Å². The first kappa shape index (κ1) is 11.4. The van der Waals surface area contributed by atoms with Crippen molar-refractivity contribution in [3.8, 4) is 6.07 Å². The zero-order valence-corrected chi connectivity index (χ0v) is 8.22. The normalized spacial score (nSPS) is 16.7. The fraction of sp³-hybridized carbons (Fsp3) is 0.889.